The predicted octanol–water partition coefficient (Wildman–Crippen LogP) is 2.40. The van der Waals surface area contributed by atoms with E-state index in [4.69, 9.17) is 9.84 Å². The summed E-state index contributed by atoms with van der Waals surface area (Å²) in [6.45, 7) is -0.362. The van der Waals surface area contributed by atoms with E-state index < -0.39 is 19.6 Å². The molecule has 0 saturated heterocycles. The molecule has 3 nitrogen and oxygen atoms in total. The van der Waals surface area contributed by atoms with Gasteiger partial charge in [-0.3, -0.25) is 0 Å². The van der Waals surface area contributed by atoms with Gasteiger partial charge in [0, 0.05) is 5.56 Å². The van der Waals surface area contributed by atoms with Crippen molar-refractivity contribution in [3.63, 3.8) is 0 Å². The molecule has 0 aliphatic heterocycles. The van der Waals surface area contributed by atoms with Crippen molar-refractivity contribution in [2.45, 2.75) is 19.7 Å². The molecule has 0 unspecified atom stereocenters. The molecule has 0 aliphatic carbocycles. The number of hydrogen-bond acceptors (Lipinski definition) is 3. The average Bonchev–Trinajstić information content (AvgIpc) is 2.24. The number of para-hydroxylation sites is 1. The summed E-state index contributed by atoms with van der Waals surface area (Å²) in [5.74, 6) is 0.358. The first-order valence-electron chi connectivity index (χ1n) is 4.90. The van der Waals surface area contributed by atoms with E-state index in [0.29, 0.717) is 11.3 Å². The van der Waals surface area contributed by atoms with Crippen LogP contribution in [0.15, 0.2) is 18.2 Å². The Kier molecular flexibility index (Phi) is 4.77. The first-order chi connectivity index (χ1) is 7.94. The molecule has 1 aromatic rings. The minimum absolute atomic E-state index is 0.240. The third-order valence-electron chi connectivity index (χ3n) is 2.02. The van der Waals surface area contributed by atoms with Gasteiger partial charge in [0.25, 0.3) is 0 Å². The number of halogens is 3. The van der Waals surface area contributed by atoms with Crippen LogP contribution in [0.3, 0.4) is 0 Å². The van der Waals surface area contributed by atoms with E-state index in [-0.39, 0.29) is 6.61 Å². The van der Waals surface area contributed by atoms with Crippen molar-refractivity contribution in [3.8, 4) is 5.75 Å². The zero-order chi connectivity index (χ0) is 12.9. The van der Waals surface area contributed by atoms with Gasteiger partial charge in [-0.2, -0.15) is 13.2 Å². The molecule has 0 aromatic heterocycles. The lowest BCUT2D eigenvalue weighted by atomic mass is 10.1. The fourth-order valence-electron chi connectivity index (χ4n) is 1.30. The third-order valence-corrected chi connectivity index (χ3v) is 2.02. The Morgan fingerprint density at radius 2 is 2.00 bits per heavy atom. The van der Waals surface area contributed by atoms with E-state index in [0.717, 1.165) is 5.56 Å². The molecule has 0 bridgehead atoms. The first kappa shape index (κ1) is 13.8. The zero-order valence-electron chi connectivity index (χ0n) is 9.25. The lowest BCUT2D eigenvalue weighted by Crippen LogP contribution is -2.19. The highest BCUT2D eigenvalue weighted by Crippen LogP contribution is 2.23. The third kappa shape index (κ3) is 4.62. The summed E-state index contributed by atoms with van der Waals surface area (Å²) in [6, 6.07) is 5.09. The first-order valence-corrected chi connectivity index (χ1v) is 4.90. The number of alkyl halides is 3. The van der Waals surface area contributed by atoms with Gasteiger partial charge in [0.05, 0.1) is 6.61 Å². The summed E-state index contributed by atoms with van der Waals surface area (Å²) in [5.41, 5.74) is 1.24. The number of aliphatic hydroxyl groups is 1. The van der Waals surface area contributed by atoms with Gasteiger partial charge >= 0.3 is 6.18 Å². The van der Waals surface area contributed by atoms with Crippen LogP contribution in [-0.2, 0) is 11.3 Å². The van der Waals surface area contributed by atoms with E-state index >= 15 is 0 Å². The molecule has 6 heteroatoms. The molecule has 0 fully saturated rings. The van der Waals surface area contributed by atoms with Gasteiger partial charge in [0.1, 0.15) is 12.4 Å². The Balaban J connectivity index is 2.52. The van der Waals surface area contributed by atoms with Crippen molar-refractivity contribution in [1.82, 2.24) is 0 Å². The Morgan fingerprint density at radius 1 is 1.29 bits per heavy atom. The van der Waals surface area contributed by atoms with Gasteiger partial charge < -0.3 is 14.6 Å². The molecule has 0 saturated carbocycles. The number of ether oxygens (including phenoxy) is 2. The van der Waals surface area contributed by atoms with Crippen LogP contribution in [0.2, 0.25) is 0 Å². The molecule has 0 radical (unpaired) electrons. The quantitative estimate of drug-likeness (QED) is 0.644. The average molecular weight is 250 g/mol. The molecule has 0 amide bonds. The smallest absolute Gasteiger partial charge is 0.411 e. The van der Waals surface area contributed by atoms with E-state index in [1.165, 1.54) is 0 Å². The molecule has 0 spiro atoms. The van der Waals surface area contributed by atoms with Gasteiger partial charge in [0.15, 0.2) is 6.79 Å². The van der Waals surface area contributed by atoms with Crippen LogP contribution in [0.1, 0.15) is 11.1 Å². The summed E-state index contributed by atoms with van der Waals surface area (Å²) in [5, 5.41) is 9.03. The number of rotatable bonds is 5. The lowest BCUT2D eigenvalue weighted by Gasteiger charge is -2.13. The molecular formula is C11H13F3O3. The van der Waals surface area contributed by atoms with Crippen LogP contribution in [0.25, 0.3) is 0 Å². The predicted molar refractivity (Wildman–Crippen MR) is 54.6 cm³/mol. The largest absolute Gasteiger partial charge is 0.467 e. The van der Waals surface area contributed by atoms with Gasteiger partial charge in [-0.05, 0) is 12.5 Å². The normalized spacial score (nSPS) is 11.6. The van der Waals surface area contributed by atoms with Crippen LogP contribution >= 0.6 is 0 Å². The molecule has 1 rings (SSSR count). The highest BCUT2D eigenvalue weighted by Gasteiger charge is 2.27. The molecule has 0 atom stereocenters. The maximum atomic E-state index is 11.8. The van der Waals surface area contributed by atoms with Gasteiger partial charge in [-0.15, -0.1) is 0 Å². The molecule has 1 aromatic carbocycles. The number of hydrogen-bond donors (Lipinski definition) is 1. The molecule has 17 heavy (non-hydrogen) atoms. The maximum absolute atomic E-state index is 11.8. The SMILES string of the molecule is Cc1cccc(CO)c1OCOCC(F)(F)F. The van der Waals surface area contributed by atoms with Gasteiger partial charge in [-0.25, -0.2) is 0 Å². The van der Waals surface area contributed by atoms with Gasteiger partial charge in [-0.1, -0.05) is 18.2 Å². The summed E-state index contributed by atoms with van der Waals surface area (Å²) in [7, 11) is 0. The van der Waals surface area contributed by atoms with Gasteiger partial charge in [0.2, 0.25) is 0 Å². The highest BCUT2D eigenvalue weighted by molar-refractivity contribution is 5.40. The van der Waals surface area contributed by atoms with Crippen molar-refractivity contribution in [2.24, 2.45) is 0 Å². The van der Waals surface area contributed by atoms with Crippen molar-refractivity contribution in [2.75, 3.05) is 13.4 Å². The topological polar surface area (TPSA) is 38.7 Å². The van der Waals surface area contributed by atoms with E-state index in [1.807, 2.05) is 0 Å². The van der Waals surface area contributed by atoms with Crippen molar-refractivity contribution >= 4 is 0 Å². The monoisotopic (exact) mass is 250 g/mol. The van der Waals surface area contributed by atoms with Crippen LogP contribution < -0.4 is 4.74 Å². The van der Waals surface area contributed by atoms with Crippen molar-refractivity contribution in [3.05, 3.63) is 29.3 Å². The minimum Gasteiger partial charge on any atom is -0.467 e. The van der Waals surface area contributed by atoms with Crippen LogP contribution in [-0.4, -0.2) is 24.7 Å². The summed E-state index contributed by atoms with van der Waals surface area (Å²) in [4.78, 5) is 0. The second kappa shape index (κ2) is 5.88. The summed E-state index contributed by atoms with van der Waals surface area (Å²) in [6.07, 6.45) is -4.37. The number of benzene rings is 1. The Hall–Kier alpha value is -1.27. The Bertz CT molecular complexity index is 363. The number of aliphatic hydroxyl groups excluding tert-OH is 1. The maximum Gasteiger partial charge on any atom is 0.411 e. The lowest BCUT2D eigenvalue weighted by molar-refractivity contribution is -0.186. The fraction of sp³-hybridized carbons (Fsp3) is 0.455. The summed E-state index contributed by atoms with van der Waals surface area (Å²) >= 11 is 0. The Labute approximate surface area is 96.8 Å². The van der Waals surface area contributed by atoms with Crippen LogP contribution in [0.5, 0.6) is 5.75 Å². The number of aryl methyl sites for hydroxylation is 1. The molecular weight excluding hydrogens is 237 g/mol. The molecule has 1 N–H and O–H groups in total. The van der Waals surface area contributed by atoms with Crippen LogP contribution in [0, 0.1) is 6.92 Å². The zero-order valence-corrected chi connectivity index (χ0v) is 9.25. The molecule has 0 aliphatic rings. The van der Waals surface area contributed by atoms with Crippen LogP contribution in [0.4, 0.5) is 13.2 Å². The standard InChI is InChI=1S/C11H13F3O3/c1-8-3-2-4-9(5-15)10(8)17-7-16-6-11(12,13)14/h2-4,15H,5-7H2,1H3. The highest BCUT2D eigenvalue weighted by atomic mass is 19.4. The van der Waals surface area contributed by atoms with Crippen molar-refractivity contribution in [1.29, 1.82) is 0 Å². The summed E-state index contributed by atoms with van der Waals surface area (Å²) < 4.78 is 44.8. The van der Waals surface area contributed by atoms with Crippen molar-refractivity contribution < 1.29 is 27.8 Å². The van der Waals surface area contributed by atoms with E-state index in [9.17, 15) is 13.2 Å². The minimum atomic E-state index is -4.37. The fourth-order valence-corrected chi connectivity index (χ4v) is 1.30. The second-order valence-electron chi connectivity index (χ2n) is 3.45. The molecule has 96 valence electrons. The van der Waals surface area contributed by atoms with E-state index in [1.54, 1.807) is 25.1 Å². The molecule has 0 heterocycles. The second-order valence-corrected chi connectivity index (χ2v) is 3.45. The van der Waals surface area contributed by atoms with E-state index in [2.05, 4.69) is 4.74 Å². The Morgan fingerprint density at radius 3 is 2.59 bits per heavy atom.